The Labute approximate surface area is 111 Å². The number of aryl methyl sites for hydroxylation is 2. The maximum Gasteiger partial charge on any atom is 0.258 e. The van der Waals surface area contributed by atoms with Gasteiger partial charge in [-0.2, -0.15) is 0 Å². The van der Waals surface area contributed by atoms with Crippen molar-refractivity contribution in [1.29, 1.82) is 0 Å². The van der Waals surface area contributed by atoms with Gasteiger partial charge in [-0.25, -0.2) is 4.98 Å². The number of aliphatic hydroxyl groups excluding tert-OH is 1. The molecule has 2 aromatic rings. The molecule has 1 amide bonds. The van der Waals surface area contributed by atoms with Gasteiger partial charge in [-0.05, 0) is 26.8 Å². The monoisotopic (exact) mass is 263 g/mol. The van der Waals surface area contributed by atoms with Crippen molar-refractivity contribution in [2.45, 2.75) is 26.8 Å². The topological polar surface area (TPSA) is 79.5 Å². The molecule has 1 N–H and O–H groups in total. The van der Waals surface area contributed by atoms with Gasteiger partial charge in [0.2, 0.25) is 0 Å². The van der Waals surface area contributed by atoms with Gasteiger partial charge >= 0.3 is 0 Å². The predicted octanol–water partition coefficient (Wildman–Crippen LogP) is 1.29. The van der Waals surface area contributed by atoms with E-state index in [1.807, 2.05) is 0 Å². The van der Waals surface area contributed by atoms with E-state index in [0.29, 0.717) is 28.1 Å². The van der Waals surface area contributed by atoms with Crippen LogP contribution in [0.5, 0.6) is 0 Å². The van der Waals surface area contributed by atoms with Crippen molar-refractivity contribution in [2.24, 2.45) is 0 Å². The van der Waals surface area contributed by atoms with Gasteiger partial charge in [0.05, 0.1) is 29.3 Å². The molecule has 2 rings (SSSR count). The van der Waals surface area contributed by atoms with Crippen LogP contribution in [0, 0.1) is 13.8 Å². The third-order valence-corrected chi connectivity index (χ3v) is 3.22. The Bertz CT molecular complexity index is 621. The van der Waals surface area contributed by atoms with E-state index in [9.17, 15) is 4.79 Å². The van der Waals surface area contributed by atoms with Gasteiger partial charge in [0.25, 0.3) is 11.6 Å². The quantitative estimate of drug-likeness (QED) is 0.902. The van der Waals surface area contributed by atoms with E-state index in [1.54, 1.807) is 33.9 Å². The van der Waals surface area contributed by atoms with Crippen LogP contribution in [-0.4, -0.2) is 45.8 Å². The maximum absolute atomic E-state index is 12.5. The highest BCUT2D eigenvalue weighted by Crippen LogP contribution is 2.23. The molecule has 0 fully saturated rings. The van der Waals surface area contributed by atoms with Gasteiger partial charge in [0.1, 0.15) is 0 Å². The maximum atomic E-state index is 12.5. The van der Waals surface area contributed by atoms with Gasteiger partial charge in [0, 0.05) is 12.7 Å². The number of carbonyl (C=O) groups excluding carboxylic acids is 1. The number of hydrogen-bond acceptors (Lipinski definition) is 5. The molecule has 2 aromatic heterocycles. The molecule has 102 valence electrons. The van der Waals surface area contributed by atoms with Crippen LogP contribution in [0.2, 0.25) is 0 Å². The molecule has 0 radical (unpaired) electrons. The van der Waals surface area contributed by atoms with Crippen molar-refractivity contribution < 1.29 is 14.4 Å². The van der Waals surface area contributed by atoms with Crippen LogP contribution in [0.15, 0.2) is 10.6 Å². The molecule has 6 nitrogen and oxygen atoms in total. The second kappa shape index (κ2) is 4.97. The third kappa shape index (κ3) is 2.31. The molecular weight excluding hydrogens is 246 g/mol. The number of rotatable bonds is 3. The predicted molar refractivity (Wildman–Crippen MR) is 69.9 cm³/mol. The summed E-state index contributed by atoms with van der Waals surface area (Å²) in [4.78, 5) is 18.2. The summed E-state index contributed by atoms with van der Waals surface area (Å²) < 4.78 is 5.11. The number of fused-ring (bicyclic) bond motifs is 1. The first-order chi connectivity index (χ1) is 8.95. The zero-order valence-electron chi connectivity index (χ0n) is 11.5. The van der Waals surface area contributed by atoms with E-state index < -0.39 is 0 Å². The smallest absolute Gasteiger partial charge is 0.258 e. The molecule has 0 bridgehead atoms. The summed E-state index contributed by atoms with van der Waals surface area (Å²) >= 11 is 0. The molecule has 0 aromatic carbocycles. The highest BCUT2D eigenvalue weighted by atomic mass is 16.5. The zero-order valence-corrected chi connectivity index (χ0v) is 11.5. The van der Waals surface area contributed by atoms with Crippen molar-refractivity contribution in [3.8, 4) is 0 Å². The average molecular weight is 263 g/mol. The summed E-state index contributed by atoms with van der Waals surface area (Å²) in [6.45, 7) is 5.26. The average Bonchev–Trinajstić information content (AvgIpc) is 2.76. The Morgan fingerprint density at radius 1 is 1.53 bits per heavy atom. The second-order valence-corrected chi connectivity index (χ2v) is 4.71. The molecule has 0 spiro atoms. The molecule has 19 heavy (non-hydrogen) atoms. The first-order valence-corrected chi connectivity index (χ1v) is 6.07. The Morgan fingerprint density at radius 3 is 2.84 bits per heavy atom. The van der Waals surface area contributed by atoms with Crippen molar-refractivity contribution in [3.63, 3.8) is 0 Å². The third-order valence-electron chi connectivity index (χ3n) is 3.22. The lowest BCUT2D eigenvalue weighted by Crippen LogP contribution is -2.37. The number of aliphatic hydroxyl groups is 1. The van der Waals surface area contributed by atoms with Gasteiger partial charge in [-0.3, -0.25) is 4.79 Å². The Morgan fingerprint density at radius 2 is 2.21 bits per heavy atom. The number of amides is 1. The summed E-state index contributed by atoms with van der Waals surface area (Å²) in [6.07, 6.45) is 0. The molecule has 0 aliphatic rings. The summed E-state index contributed by atoms with van der Waals surface area (Å²) in [5, 5.41) is 13.6. The summed E-state index contributed by atoms with van der Waals surface area (Å²) in [5.41, 5.74) is 2.20. The first-order valence-electron chi connectivity index (χ1n) is 6.07. The number of carbonyl (C=O) groups is 1. The van der Waals surface area contributed by atoms with Crippen molar-refractivity contribution in [3.05, 3.63) is 23.0 Å². The van der Waals surface area contributed by atoms with Crippen LogP contribution >= 0.6 is 0 Å². The van der Waals surface area contributed by atoms with E-state index in [0.717, 1.165) is 0 Å². The van der Waals surface area contributed by atoms with E-state index in [2.05, 4.69) is 10.1 Å². The summed E-state index contributed by atoms with van der Waals surface area (Å²) in [5.74, 6) is -0.177. The molecular formula is C13H17N3O3. The van der Waals surface area contributed by atoms with Crippen LogP contribution in [-0.2, 0) is 0 Å². The lowest BCUT2D eigenvalue weighted by atomic mass is 10.1. The Balaban J connectivity index is 2.55. The first kappa shape index (κ1) is 13.5. The highest BCUT2D eigenvalue weighted by molar-refractivity contribution is 6.06. The molecule has 0 unspecified atom stereocenters. The number of likely N-dealkylation sites (N-methyl/N-ethyl adjacent to an activating group) is 1. The van der Waals surface area contributed by atoms with Gasteiger partial charge < -0.3 is 14.5 Å². The normalized spacial score (nSPS) is 12.7. The minimum Gasteiger partial charge on any atom is -0.394 e. The Hall–Kier alpha value is -1.95. The SMILES string of the molecule is Cc1cc(C(=O)N(C)[C@H](C)CO)c2c(C)noc2n1. The molecule has 0 aliphatic heterocycles. The van der Waals surface area contributed by atoms with Crippen molar-refractivity contribution in [1.82, 2.24) is 15.0 Å². The van der Waals surface area contributed by atoms with Gasteiger partial charge in [-0.15, -0.1) is 0 Å². The molecule has 0 saturated heterocycles. The molecule has 1 atom stereocenters. The number of hydrogen-bond donors (Lipinski definition) is 1. The van der Waals surface area contributed by atoms with Crippen LogP contribution in [0.4, 0.5) is 0 Å². The number of aromatic nitrogens is 2. The fourth-order valence-electron chi connectivity index (χ4n) is 1.90. The molecule has 0 saturated carbocycles. The van der Waals surface area contributed by atoms with Crippen LogP contribution in [0.25, 0.3) is 11.1 Å². The van der Waals surface area contributed by atoms with E-state index in [-0.39, 0.29) is 18.6 Å². The lowest BCUT2D eigenvalue weighted by Gasteiger charge is -2.23. The van der Waals surface area contributed by atoms with Crippen LogP contribution in [0.1, 0.15) is 28.7 Å². The second-order valence-electron chi connectivity index (χ2n) is 4.71. The van der Waals surface area contributed by atoms with E-state index >= 15 is 0 Å². The highest BCUT2D eigenvalue weighted by Gasteiger charge is 2.22. The largest absolute Gasteiger partial charge is 0.394 e. The summed E-state index contributed by atoms with van der Waals surface area (Å²) in [7, 11) is 1.66. The van der Waals surface area contributed by atoms with Crippen LogP contribution < -0.4 is 0 Å². The van der Waals surface area contributed by atoms with Crippen LogP contribution in [0.3, 0.4) is 0 Å². The van der Waals surface area contributed by atoms with Gasteiger partial charge in [0.15, 0.2) is 0 Å². The van der Waals surface area contributed by atoms with Crippen molar-refractivity contribution >= 4 is 17.0 Å². The zero-order chi connectivity index (χ0) is 14.2. The Kier molecular flexibility index (Phi) is 3.53. The number of nitrogens with zero attached hydrogens (tertiary/aromatic N) is 3. The number of pyridine rings is 1. The lowest BCUT2D eigenvalue weighted by molar-refractivity contribution is 0.0684. The summed E-state index contributed by atoms with van der Waals surface area (Å²) in [6, 6.07) is 1.46. The fourth-order valence-corrected chi connectivity index (χ4v) is 1.90. The fraction of sp³-hybridized carbons (Fsp3) is 0.462. The standard InChI is InChI=1S/C13H17N3O3/c1-7-5-10(13(18)16(4)8(2)6-17)11-9(3)15-19-12(11)14-7/h5,8,17H,6H2,1-4H3/t8-/m1/s1. The minimum absolute atomic E-state index is 0.0853. The van der Waals surface area contributed by atoms with Crippen molar-refractivity contribution in [2.75, 3.05) is 13.7 Å². The minimum atomic E-state index is -0.254. The molecule has 6 heteroatoms. The van der Waals surface area contributed by atoms with E-state index in [1.165, 1.54) is 4.90 Å². The molecule has 0 aliphatic carbocycles. The van der Waals surface area contributed by atoms with Gasteiger partial charge in [-0.1, -0.05) is 5.16 Å². The van der Waals surface area contributed by atoms with E-state index in [4.69, 9.17) is 9.63 Å². The molecule has 2 heterocycles.